The fraction of sp³-hybridized carbons (Fsp3) is 0.900. The van der Waals surface area contributed by atoms with E-state index < -0.39 is 16.3 Å². The molecule has 0 aromatic carbocycles. The van der Waals surface area contributed by atoms with Crippen molar-refractivity contribution < 1.29 is 17.9 Å². The van der Waals surface area contributed by atoms with Crippen LogP contribution in [0.1, 0.15) is 27.2 Å². The number of hydrogen-bond acceptors (Lipinski definition) is 5. The Morgan fingerprint density at radius 3 is 2.56 bits per heavy atom. The van der Waals surface area contributed by atoms with Gasteiger partial charge in [-0.1, -0.05) is 0 Å². The highest BCUT2D eigenvalue weighted by Crippen LogP contribution is 2.12. The first-order chi connectivity index (χ1) is 8.30. The van der Waals surface area contributed by atoms with Crippen molar-refractivity contribution in [3.63, 3.8) is 0 Å². The summed E-state index contributed by atoms with van der Waals surface area (Å²) in [5, 5.41) is 3.16. The van der Waals surface area contributed by atoms with Gasteiger partial charge in [-0.25, -0.2) is 9.52 Å². The van der Waals surface area contributed by atoms with Crippen molar-refractivity contribution in [2.45, 2.75) is 39.3 Å². The summed E-state index contributed by atoms with van der Waals surface area (Å²) in [6.07, 6.45) is -0.411. The maximum atomic E-state index is 11.6. The second-order valence-corrected chi connectivity index (χ2v) is 6.17. The Morgan fingerprint density at radius 1 is 1.39 bits per heavy atom. The number of carbonyl (C=O) groups excluding carboxylic acids is 1. The Labute approximate surface area is 108 Å². The molecule has 1 fully saturated rings. The van der Waals surface area contributed by atoms with E-state index in [0.29, 0.717) is 0 Å². The summed E-state index contributed by atoms with van der Waals surface area (Å²) in [6.45, 7) is 6.74. The minimum Gasteiger partial charge on any atom is -0.446 e. The topological polar surface area (TPSA) is 96.5 Å². The summed E-state index contributed by atoms with van der Waals surface area (Å²) < 4.78 is 32.2. The molecular weight excluding hydrogens is 258 g/mol. The zero-order chi connectivity index (χ0) is 13.8. The molecule has 0 aromatic heterocycles. The van der Waals surface area contributed by atoms with Gasteiger partial charge in [0.15, 0.2) is 0 Å². The number of rotatable bonds is 5. The van der Waals surface area contributed by atoms with Gasteiger partial charge in [-0.05, 0) is 46.2 Å². The minimum absolute atomic E-state index is 0.232. The Morgan fingerprint density at radius 2 is 2.06 bits per heavy atom. The largest absolute Gasteiger partial charge is 0.446 e. The standard InChI is InChI=1S/C10H21N3O4S/c1-7(2)17-10(14)13-18(15,16)12-8(3)9-4-5-11-6-9/h7-9,11-12H,4-6H2,1-3H3,(H,13,14). The van der Waals surface area contributed by atoms with E-state index in [0.717, 1.165) is 19.5 Å². The first-order valence-corrected chi connectivity index (χ1v) is 7.50. The monoisotopic (exact) mass is 279 g/mol. The lowest BCUT2D eigenvalue weighted by molar-refractivity contribution is 0.121. The lowest BCUT2D eigenvalue weighted by Gasteiger charge is -2.20. The molecule has 2 atom stereocenters. The lowest BCUT2D eigenvalue weighted by atomic mass is 10.0. The third-order valence-corrected chi connectivity index (χ3v) is 3.82. The number of carbonyl (C=O) groups is 1. The average Bonchev–Trinajstić information content (AvgIpc) is 2.65. The smallest absolute Gasteiger partial charge is 0.422 e. The summed E-state index contributed by atoms with van der Waals surface area (Å²) in [7, 11) is -3.87. The normalized spacial score (nSPS) is 21.9. The highest BCUT2D eigenvalue weighted by Gasteiger charge is 2.26. The maximum Gasteiger partial charge on any atom is 0.422 e. The molecule has 1 rings (SSSR count). The van der Waals surface area contributed by atoms with Crippen LogP contribution in [0.15, 0.2) is 0 Å². The quantitative estimate of drug-likeness (QED) is 0.656. The first-order valence-electron chi connectivity index (χ1n) is 6.01. The van der Waals surface area contributed by atoms with Gasteiger partial charge < -0.3 is 10.1 Å². The molecule has 0 bridgehead atoms. The van der Waals surface area contributed by atoms with Gasteiger partial charge in [-0.2, -0.15) is 13.1 Å². The van der Waals surface area contributed by atoms with Gasteiger partial charge in [0.1, 0.15) is 0 Å². The minimum atomic E-state index is -3.87. The van der Waals surface area contributed by atoms with Gasteiger partial charge in [-0.15, -0.1) is 0 Å². The second kappa shape index (κ2) is 6.35. The van der Waals surface area contributed by atoms with Crippen molar-refractivity contribution in [3.05, 3.63) is 0 Å². The van der Waals surface area contributed by atoms with Crippen LogP contribution in [-0.2, 0) is 14.9 Å². The van der Waals surface area contributed by atoms with Crippen molar-refractivity contribution in [1.29, 1.82) is 0 Å². The summed E-state index contributed by atoms with van der Waals surface area (Å²) >= 11 is 0. The van der Waals surface area contributed by atoms with Crippen LogP contribution in [0.5, 0.6) is 0 Å². The number of ether oxygens (including phenoxy) is 1. The van der Waals surface area contributed by atoms with E-state index >= 15 is 0 Å². The molecule has 0 radical (unpaired) electrons. The van der Waals surface area contributed by atoms with E-state index in [1.54, 1.807) is 20.8 Å². The van der Waals surface area contributed by atoms with E-state index in [-0.39, 0.29) is 18.1 Å². The number of amides is 1. The van der Waals surface area contributed by atoms with Gasteiger partial charge in [0, 0.05) is 6.04 Å². The van der Waals surface area contributed by atoms with Crippen molar-refractivity contribution in [3.8, 4) is 0 Å². The van der Waals surface area contributed by atoms with Gasteiger partial charge in [0.2, 0.25) is 0 Å². The van der Waals surface area contributed by atoms with Crippen LogP contribution in [-0.4, -0.2) is 39.7 Å². The molecule has 3 N–H and O–H groups in total. The van der Waals surface area contributed by atoms with Crippen molar-refractivity contribution in [2.75, 3.05) is 13.1 Å². The maximum absolute atomic E-state index is 11.6. The van der Waals surface area contributed by atoms with E-state index in [1.165, 1.54) is 0 Å². The summed E-state index contributed by atoms with van der Waals surface area (Å²) in [5.74, 6) is 0.239. The van der Waals surface area contributed by atoms with Crippen LogP contribution in [0.2, 0.25) is 0 Å². The van der Waals surface area contributed by atoms with Gasteiger partial charge in [0.25, 0.3) is 0 Å². The van der Waals surface area contributed by atoms with Crippen LogP contribution in [0.4, 0.5) is 4.79 Å². The Bertz CT molecular complexity index is 377. The fourth-order valence-electron chi connectivity index (χ4n) is 1.82. The molecule has 0 spiro atoms. The summed E-state index contributed by atoms with van der Waals surface area (Å²) in [6, 6.07) is -0.232. The number of nitrogens with one attached hydrogen (secondary N) is 3. The molecule has 1 amide bonds. The highest BCUT2D eigenvalue weighted by molar-refractivity contribution is 7.88. The van der Waals surface area contributed by atoms with Crippen LogP contribution < -0.4 is 14.8 Å². The van der Waals surface area contributed by atoms with Gasteiger partial charge in [0.05, 0.1) is 6.10 Å². The molecule has 0 saturated carbocycles. The van der Waals surface area contributed by atoms with Crippen LogP contribution in [0.3, 0.4) is 0 Å². The molecule has 7 nitrogen and oxygen atoms in total. The van der Waals surface area contributed by atoms with Crippen molar-refractivity contribution >= 4 is 16.3 Å². The third-order valence-electron chi connectivity index (χ3n) is 2.71. The molecule has 1 aliphatic heterocycles. The SMILES string of the molecule is CC(C)OC(=O)NS(=O)(=O)NC(C)C1CCNC1. The Kier molecular flexibility index (Phi) is 5.36. The molecule has 18 heavy (non-hydrogen) atoms. The van der Waals surface area contributed by atoms with Gasteiger partial charge in [-0.3, -0.25) is 0 Å². The third kappa shape index (κ3) is 5.19. The molecule has 2 unspecified atom stereocenters. The molecular formula is C10H21N3O4S. The zero-order valence-corrected chi connectivity index (χ0v) is 11.7. The first kappa shape index (κ1) is 15.2. The molecule has 1 aliphatic rings. The van der Waals surface area contributed by atoms with Crippen LogP contribution >= 0.6 is 0 Å². The van der Waals surface area contributed by atoms with Crippen LogP contribution in [0, 0.1) is 5.92 Å². The summed E-state index contributed by atoms with van der Waals surface area (Å²) in [4.78, 5) is 11.2. The van der Waals surface area contributed by atoms with E-state index in [9.17, 15) is 13.2 Å². The molecule has 0 aliphatic carbocycles. The summed E-state index contributed by atoms with van der Waals surface area (Å²) in [5.41, 5.74) is 0. The fourth-order valence-corrected chi connectivity index (χ4v) is 2.83. The molecule has 8 heteroatoms. The molecule has 0 aromatic rings. The van der Waals surface area contributed by atoms with E-state index in [1.807, 2.05) is 4.72 Å². The highest BCUT2D eigenvalue weighted by atomic mass is 32.2. The Hall–Kier alpha value is -0.860. The average molecular weight is 279 g/mol. The lowest BCUT2D eigenvalue weighted by Crippen LogP contribution is -2.47. The van der Waals surface area contributed by atoms with Gasteiger partial charge >= 0.3 is 16.3 Å². The van der Waals surface area contributed by atoms with Crippen LogP contribution in [0.25, 0.3) is 0 Å². The molecule has 1 heterocycles. The van der Waals surface area contributed by atoms with Crippen molar-refractivity contribution in [1.82, 2.24) is 14.8 Å². The van der Waals surface area contributed by atoms with Crippen molar-refractivity contribution in [2.24, 2.45) is 5.92 Å². The van der Waals surface area contributed by atoms with E-state index in [2.05, 4.69) is 10.0 Å². The second-order valence-electron chi connectivity index (χ2n) is 4.72. The number of hydrogen-bond donors (Lipinski definition) is 3. The predicted octanol–water partition coefficient (Wildman–Crippen LogP) is -0.0466. The predicted molar refractivity (Wildman–Crippen MR) is 67.2 cm³/mol. The zero-order valence-electron chi connectivity index (χ0n) is 10.9. The molecule has 1 saturated heterocycles. The van der Waals surface area contributed by atoms with E-state index in [4.69, 9.17) is 4.74 Å². The molecule has 106 valence electrons. The Balaban J connectivity index is 2.45.